The lowest BCUT2D eigenvalue weighted by molar-refractivity contribution is 0.0719. The largest absolute Gasteiger partial charge is 0.507 e. The number of carbonyl (C=O) groups excluding carboxylic acids is 1. The van der Waals surface area contributed by atoms with E-state index < -0.39 is 0 Å². The van der Waals surface area contributed by atoms with Crippen molar-refractivity contribution in [3.63, 3.8) is 0 Å². The van der Waals surface area contributed by atoms with E-state index >= 15 is 0 Å². The average molecular weight is 343 g/mol. The number of nitrogens with zero attached hydrogens (tertiary/aromatic N) is 5. The minimum absolute atomic E-state index is 0.0534. The van der Waals surface area contributed by atoms with Crippen molar-refractivity contribution in [1.29, 1.82) is 0 Å². The lowest BCUT2D eigenvalue weighted by atomic mass is 10.0. The van der Waals surface area contributed by atoms with Crippen molar-refractivity contribution >= 4 is 5.91 Å². The van der Waals surface area contributed by atoms with Crippen molar-refractivity contribution < 1.29 is 15.0 Å². The third kappa shape index (κ3) is 2.86. The van der Waals surface area contributed by atoms with Gasteiger partial charge in [0.15, 0.2) is 0 Å². The van der Waals surface area contributed by atoms with Crippen molar-refractivity contribution in [2.24, 2.45) is 11.8 Å². The van der Waals surface area contributed by atoms with Crippen molar-refractivity contribution in [1.82, 2.24) is 25.1 Å². The Morgan fingerprint density at radius 1 is 1.24 bits per heavy atom. The predicted octanol–water partition coefficient (Wildman–Crippen LogP) is 0.989. The van der Waals surface area contributed by atoms with Crippen LogP contribution in [0.15, 0.2) is 24.5 Å². The zero-order valence-electron chi connectivity index (χ0n) is 14.0. The number of tetrazole rings is 1. The van der Waals surface area contributed by atoms with Gasteiger partial charge in [0, 0.05) is 13.1 Å². The van der Waals surface area contributed by atoms with Crippen LogP contribution in [0.5, 0.6) is 5.75 Å². The van der Waals surface area contributed by atoms with Crippen LogP contribution >= 0.6 is 0 Å². The molecule has 1 aromatic heterocycles. The molecule has 2 saturated carbocycles. The van der Waals surface area contributed by atoms with E-state index in [-0.39, 0.29) is 29.4 Å². The average Bonchev–Trinajstić information content (AvgIpc) is 3.30. The standard InChI is InChI=1S/C17H21N5O3/c1-21(13-4-10-6-14(23)7-11(10)5-13)17(25)15-8-12(2-3-16(15)24)22-9-18-19-20-22/h2-3,8-11,13-14,23-24H,4-7H2,1H3/t10-,11+,13?,14?. The molecule has 4 rings (SSSR count). The SMILES string of the molecule is CN(C(=O)c1cc(-n2cnnn2)ccc1O)C1C[C@H]2CC(O)C[C@H]2C1. The van der Waals surface area contributed by atoms with Crippen LogP contribution in [0.4, 0.5) is 0 Å². The molecule has 2 aliphatic rings. The third-order valence-electron chi connectivity index (χ3n) is 5.66. The van der Waals surface area contributed by atoms with Crippen LogP contribution in [-0.2, 0) is 0 Å². The number of amides is 1. The summed E-state index contributed by atoms with van der Waals surface area (Å²) in [7, 11) is 1.79. The van der Waals surface area contributed by atoms with E-state index in [0.29, 0.717) is 17.5 Å². The third-order valence-corrected chi connectivity index (χ3v) is 5.66. The minimum Gasteiger partial charge on any atom is -0.507 e. The highest BCUT2D eigenvalue weighted by atomic mass is 16.3. The summed E-state index contributed by atoms with van der Waals surface area (Å²) < 4.78 is 1.44. The maximum Gasteiger partial charge on any atom is 0.257 e. The van der Waals surface area contributed by atoms with Gasteiger partial charge >= 0.3 is 0 Å². The second kappa shape index (κ2) is 6.11. The van der Waals surface area contributed by atoms with Gasteiger partial charge in [0.05, 0.1) is 17.4 Å². The number of benzene rings is 1. The minimum atomic E-state index is -0.210. The Bertz CT molecular complexity index is 765. The summed E-state index contributed by atoms with van der Waals surface area (Å²) in [6.07, 6.45) is 4.75. The van der Waals surface area contributed by atoms with Gasteiger partial charge < -0.3 is 15.1 Å². The number of hydrogen-bond acceptors (Lipinski definition) is 6. The summed E-state index contributed by atoms with van der Waals surface area (Å²) in [5.74, 6) is 0.730. The van der Waals surface area contributed by atoms with Crippen molar-refractivity contribution in [2.45, 2.75) is 37.8 Å². The molecule has 2 unspecified atom stereocenters. The van der Waals surface area contributed by atoms with Crippen molar-refractivity contribution in [3.8, 4) is 11.4 Å². The van der Waals surface area contributed by atoms with Crippen LogP contribution in [0, 0.1) is 11.8 Å². The summed E-state index contributed by atoms with van der Waals surface area (Å²) in [6.45, 7) is 0. The van der Waals surface area contributed by atoms with Crippen LogP contribution in [-0.4, -0.2) is 60.4 Å². The van der Waals surface area contributed by atoms with Crippen LogP contribution < -0.4 is 0 Å². The number of phenols is 1. The Labute approximate surface area is 145 Å². The Morgan fingerprint density at radius 2 is 1.96 bits per heavy atom. The van der Waals surface area contributed by atoms with Gasteiger partial charge in [-0.15, -0.1) is 5.10 Å². The zero-order valence-corrected chi connectivity index (χ0v) is 14.0. The van der Waals surface area contributed by atoms with Gasteiger partial charge in [0.1, 0.15) is 12.1 Å². The lowest BCUT2D eigenvalue weighted by Gasteiger charge is -2.26. The van der Waals surface area contributed by atoms with E-state index in [0.717, 1.165) is 25.7 Å². The van der Waals surface area contributed by atoms with E-state index in [1.165, 1.54) is 17.1 Å². The highest BCUT2D eigenvalue weighted by Gasteiger charge is 2.43. The summed E-state index contributed by atoms with van der Waals surface area (Å²) in [5.41, 5.74) is 0.860. The highest BCUT2D eigenvalue weighted by molar-refractivity contribution is 5.97. The molecule has 0 radical (unpaired) electrons. The molecule has 8 nitrogen and oxygen atoms in total. The number of hydrogen-bond donors (Lipinski definition) is 2. The number of carbonyl (C=O) groups is 1. The molecule has 132 valence electrons. The fraction of sp³-hybridized carbons (Fsp3) is 0.529. The maximum atomic E-state index is 12.9. The van der Waals surface area contributed by atoms with E-state index in [4.69, 9.17) is 0 Å². The van der Waals surface area contributed by atoms with Gasteiger partial charge in [-0.25, -0.2) is 4.68 Å². The molecule has 2 fully saturated rings. The topological polar surface area (TPSA) is 104 Å². The number of fused-ring (bicyclic) bond motifs is 1. The van der Waals surface area contributed by atoms with Gasteiger partial charge in [-0.2, -0.15) is 0 Å². The monoisotopic (exact) mass is 343 g/mol. The summed E-state index contributed by atoms with van der Waals surface area (Å²) >= 11 is 0. The quantitative estimate of drug-likeness (QED) is 0.861. The number of aromatic nitrogens is 4. The number of phenolic OH excluding ortho intramolecular Hbond substituents is 1. The number of aliphatic hydroxyl groups is 1. The van der Waals surface area contributed by atoms with E-state index in [1.54, 1.807) is 24.1 Å². The van der Waals surface area contributed by atoms with Gasteiger partial charge in [0.25, 0.3) is 5.91 Å². The first-order valence-corrected chi connectivity index (χ1v) is 8.54. The first kappa shape index (κ1) is 16.0. The first-order chi connectivity index (χ1) is 12.0. The molecule has 1 aromatic carbocycles. The van der Waals surface area contributed by atoms with E-state index in [1.807, 2.05) is 0 Å². The first-order valence-electron chi connectivity index (χ1n) is 8.54. The van der Waals surface area contributed by atoms with Gasteiger partial charge in [-0.05, 0) is 66.1 Å². The van der Waals surface area contributed by atoms with Gasteiger partial charge in [-0.3, -0.25) is 4.79 Å². The molecule has 4 atom stereocenters. The molecule has 2 aromatic rings. The second-order valence-corrected chi connectivity index (χ2v) is 7.14. The number of aliphatic hydroxyl groups excluding tert-OH is 1. The smallest absolute Gasteiger partial charge is 0.257 e. The molecule has 1 amide bonds. The molecule has 2 N–H and O–H groups in total. The Kier molecular flexibility index (Phi) is 3.91. The molecular formula is C17H21N5O3. The Balaban J connectivity index is 1.54. The Hall–Kier alpha value is -2.48. The van der Waals surface area contributed by atoms with Gasteiger partial charge in [0.2, 0.25) is 0 Å². The van der Waals surface area contributed by atoms with Crippen LogP contribution in [0.3, 0.4) is 0 Å². The molecule has 1 heterocycles. The predicted molar refractivity (Wildman–Crippen MR) is 88.2 cm³/mol. The fourth-order valence-corrected chi connectivity index (χ4v) is 4.34. The van der Waals surface area contributed by atoms with Gasteiger partial charge in [-0.1, -0.05) is 0 Å². The molecular weight excluding hydrogens is 322 g/mol. The summed E-state index contributed by atoms with van der Waals surface area (Å²) in [6, 6.07) is 4.89. The van der Waals surface area contributed by atoms with Crippen molar-refractivity contribution in [2.75, 3.05) is 7.05 Å². The second-order valence-electron chi connectivity index (χ2n) is 7.14. The maximum absolute atomic E-state index is 12.9. The lowest BCUT2D eigenvalue weighted by Crippen LogP contribution is -2.36. The van der Waals surface area contributed by atoms with E-state index in [9.17, 15) is 15.0 Å². The molecule has 8 heteroatoms. The number of aromatic hydroxyl groups is 1. The molecule has 0 bridgehead atoms. The van der Waals surface area contributed by atoms with Crippen LogP contribution in [0.1, 0.15) is 36.0 Å². The van der Waals surface area contributed by atoms with Crippen LogP contribution in [0.25, 0.3) is 5.69 Å². The summed E-state index contributed by atoms with van der Waals surface area (Å²) in [4.78, 5) is 14.6. The molecule has 0 spiro atoms. The molecule has 2 aliphatic carbocycles. The fourth-order valence-electron chi connectivity index (χ4n) is 4.34. The molecule has 0 aliphatic heterocycles. The van der Waals surface area contributed by atoms with Crippen LogP contribution in [0.2, 0.25) is 0 Å². The zero-order chi connectivity index (χ0) is 17.6. The highest BCUT2D eigenvalue weighted by Crippen LogP contribution is 2.45. The normalized spacial score (nSPS) is 28.1. The Morgan fingerprint density at radius 3 is 2.60 bits per heavy atom. The molecule has 0 saturated heterocycles. The molecule has 25 heavy (non-hydrogen) atoms. The van der Waals surface area contributed by atoms with E-state index in [2.05, 4.69) is 15.5 Å². The number of rotatable bonds is 3. The summed E-state index contributed by atoms with van der Waals surface area (Å²) in [5, 5.41) is 30.9. The van der Waals surface area contributed by atoms with Crippen molar-refractivity contribution in [3.05, 3.63) is 30.1 Å².